The molecule has 0 aromatic heterocycles. The Morgan fingerprint density at radius 1 is 1.43 bits per heavy atom. The minimum absolute atomic E-state index is 0.00926. The van der Waals surface area contributed by atoms with E-state index in [1.165, 1.54) is 0 Å². The van der Waals surface area contributed by atoms with Gasteiger partial charge in [-0.15, -0.1) is 0 Å². The maximum atomic E-state index is 8.78. The minimum Gasteiger partial charge on any atom is -0.393 e. The summed E-state index contributed by atoms with van der Waals surface area (Å²) in [7, 11) is 0. The summed E-state index contributed by atoms with van der Waals surface area (Å²) in [4.78, 5) is 0. The van der Waals surface area contributed by atoms with Crippen LogP contribution in [-0.2, 0) is 0 Å². The van der Waals surface area contributed by atoms with Gasteiger partial charge in [0.1, 0.15) is 0 Å². The molecule has 7 heavy (non-hydrogen) atoms. The van der Waals surface area contributed by atoms with Crippen LogP contribution in [0, 0.1) is 5.41 Å². The highest BCUT2D eigenvalue weighted by molar-refractivity contribution is 4.85. The fraction of sp³-hybridized carbons (Fsp3) is 1.00. The van der Waals surface area contributed by atoms with Crippen molar-refractivity contribution in [2.75, 3.05) is 0 Å². The average molecular weight is 100 g/mol. The van der Waals surface area contributed by atoms with Gasteiger partial charge in [0.15, 0.2) is 0 Å². The second-order valence-corrected chi connectivity index (χ2v) is 3.23. The van der Waals surface area contributed by atoms with Gasteiger partial charge in [-0.2, -0.15) is 0 Å². The maximum absolute atomic E-state index is 8.78. The van der Waals surface area contributed by atoms with Gasteiger partial charge in [0.05, 0.1) is 6.10 Å². The molecule has 1 nitrogen and oxygen atoms in total. The highest BCUT2D eigenvalue weighted by Crippen LogP contribution is 2.39. The lowest BCUT2D eigenvalue weighted by Gasteiger charge is -2.39. The number of aliphatic hydroxyl groups is 1. The highest BCUT2D eigenvalue weighted by atomic mass is 16.3. The highest BCUT2D eigenvalue weighted by Gasteiger charge is 2.34. The number of aliphatic hydroxyl groups excluding tert-OH is 1. The van der Waals surface area contributed by atoms with E-state index in [0.29, 0.717) is 5.41 Å². The molecule has 0 radical (unpaired) electrons. The van der Waals surface area contributed by atoms with E-state index in [4.69, 9.17) is 5.11 Å². The van der Waals surface area contributed by atoms with Crippen LogP contribution >= 0.6 is 0 Å². The number of hydrogen-bond acceptors (Lipinski definition) is 1. The summed E-state index contributed by atoms with van der Waals surface area (Å²) in [6.45, 7) is 4.36. The summed E-state index contributed by atoms with van der Waals surface area (Å²) < 4.78 is 0. The van der Waals surface area contributed by atoms with Crippen molar-refractivity contribution < 1.29 is 5.11 Å². The van der Waals surface area contributed by atoms with Crippen molar-refractivity contribution in [3.05, 3.63) is 0 Å². The second kappa shape index (κ2) is 1.22. The van der Waals surface area contributed by atoms with E-state index < -0.39 is 0 Å². The predicted molar refractivity (Wildman–Crippen MR) is 29.0 cm³/mol. The maximum Gasteiger partial charge on any atom is 0.0550 e. The van der Waals surface area contributed by atoms with Crippen LogP contribution in [0.15, 0.2) is 0 Å². The van der Waals surface area contributed by atoms with Gasteiger partial charge in [-0.1, -0.05) is 13.8 Å². The molecule has 1 aliphatic carbocycles. The van der Waals surface area contributed by atoms with E-state index in [1.807, 2.05) is 0 Å². The van der Waals surface area contributed by atoms with Crippen molar-refractivity contribution >= 4 is 0 Å². The Labute approximate surface area is 44.4 Å². The summed E-state index contributed by atoms with van der Waals surface area (Å²) in [5, 5.41) is 8.78. The topological polar surface area (TPSA) is 20.2 Å². The Bertz CT molecular complexity index is 68.2. The molecule has 0 bridgehead atoms. The van der Waals surface area contributed by atoms with E-state index in [9.17, 15) is 0 Å². The number of hydrogen-bond donors (Lipinski definition) is 1. The first-order valence-electron chi connectivity index (χ1n) is 2.78. The zero-order valence-corrected chi connectivity index (χ0v) is 4.94. The Hall–Kier alpha value is -0.0400. The summed E-state index contributed by atoms with van der Waals surface area (Å²) in [5.74, 6) is 0. The van der Waals surface area contributed by atoms with Crippen molar-refractivity contribution in [1.29, 1.82) is 0 Å². The van der Waals surface area contributed by atoms with Crippen LogP contribution < -0.4 is 0 Å². The van der Waals surface area contributed by atoms with Crippen molar-refractivity contribution in [3.63, 3.8) is 0 Å². The lowest BCUT2D eigenvalue weighted by molar-refractivity contribution is -0.00809. The van der Waals surface area contributed by atoms with Crippen LogP contribution in [-0.4, -0.2) is 11.2 Å². The lowest BCUT2D eigenvalue weighted by atomic mass is 9.70. The average Bonchev–Trinajstić information content (AvgIpc) is 1.27. The van der Waals surface area contributed by atoms with Crippen LogP contribution in [0.4, 0.5) is 0 Å². The van der Waals surface area contributed by atoms with Gasteiger partial charge in [0, 0.05) is 0 Å². The monoisotopic (exact) mass is 100 g/mol. The molecule has 1 saturated carbocycles. The third-order valence-electron chi connectivity index (χ3n) is 1.58. The van der Waals surface area contributed by atoms with Crippen LogP contribution in [0.5, 0.6) is 0 Å². The molecular formula is C6H12O. The Kier molecular flexibility index (Phi) is 0.890. The van der Waals surface area contributed by atoms with Gasteiger partial charge in [-0.25, -0.2) is 0 Å². The molecule has 1 N–H and O–H groups in total. The third kappa shape index (κ3) is 0.942. The second-order valence-electron chi connectivity index (χ2n) is 3.23. The molecule has 42 valence electrons. The van der Waals surface area contributed by atoms with Crippen LogP contribution in [0.3, 0.4) is 0 Å². The summed E-state index contributed by atoms with van der Waals surface area (Å²) in [5.41, 5.74) is 0.444. The van der Waals surface area contributed by atoms with Crippen LogP contribution in [0.2, 0.25) is 0 Å². The molecule has 1 heteroatoms. The van der Waals surface area contributed by atoms with E-state index in [-0.39, 0.29) is 6.10 Å². The fourth-order valence-corrected chi connectivity index (χ4v) is 1.22. The SMILES string of the molecule is CC1(C)CC(O)C1. The van der Waals surface area contributed by atoms with Crippen LogP contribution in [0.1, 0.15) is 26.7 Å². The summed E-state index contributed by atoms with van der Waals surface area (Å²) in [6.07, 6.45) is 2.00. The van der Waals surface area contributed by atoms with Crippen molar-refractivity contribution in [3.8, 4) is 0 Å². The largest absolute Gasteiger partial charge is 0.393 e. The molecule has 0 atom stereocenters. The first-order valence-corrected chi connectivity index (χ1v) is 2.78. The normalized spacial score (nSPS) is 29.6. The van der Waals surface area contributed by atoms with Crippen molar-refractivity contribution in [2.45, 2.75) is 32.8 Å². The summed E-state index contributed by atoms with van der Waals surface area (Å²) >= 11 is 0. The first kappa shape index (κ1) is 5.10. The van der Waals surface area contributed by atoms with Gasteiger partial charge in [-0.05, 0) is 18.3 Å². The molecule has 1 rings (SSSR count). The number of rotatable bonds is 0. The van der Waals surface area contributed by atoms with Gasteiger partial charge in [-0.3, -0.25) is 0 Å². The minimum atomic E-state index is 0.00926. The lowest BCUT2D eigenvalue weighted by Crippen LogP contribution is -2.35. The smallest absolute Gasteiger partial charge is 0.0550 e. The van der Waals surface area contributed by atoms with E-state index >= 15 is 0 Å². The quantitative estimate of drug-likeness (QED) is 0.484. The molecule has 0 aromatic carbocycles. The summed E-state index contributed by atoms with van der Waals surface area (Å²) in [6, 6.07) is 0. The van der Waals surface area contributed by atoms with E-state index in [1.54, 1.807) is 0 Å². The van der Waals surface area contributed by atoms with Gasteiger partial charge >= 0.3 is 0 Å². The molecule has 1 aliphatic rings. The Morgan fingerprint density at radius 3 is 1.86 bits per heavy atom. The molecule has 0 aliphatic heterocycles. The molecule has 0 saturated heterocycles. The van der Waals surface area contributed by atoms with Gasteiger partial charge in [0.25, 0.3) is 0 Å². The standard InChI is InChI=1S/C6H12O/c1-6(2)3-5(7)4-6/h5,7H,3-4H2,1-2H3. The van der Waals surface area contributed by atoms with Crippen LogP contribution in [0.25, 0.3) is 0 Å². The van der Waals surface area contributed by atoms with E-state index in [2.05, 4.69) is 13.8 Å². The molecule has 0 unspecified atom stereocenters. The Balaban J connectivity index is 2.29. The zero-order chi connectivity index (χ0) is 5.49. The third-order valence-corrected chi connectivity index (χ3v) is 1.58. The zero-order valence-electron chi connectivity index (χ0n) is 4.94. The molecule has 1 fully saturated rings. The van der Waals surface area contributed by atoms with Gasteiger partial charge in [0.2, 0.25) is 0 Å². The molecule has 0 spiro atoms. The Morgan fingerprint density at radius 2 is 1.86 bits per heavy atom. The first-order chi connectivity index (χ1) is 3.10. The van der Waals surface area contributed by atoms with Crippen molar-refractivity contribution in [1.82, 2.24) is 0 Å². The molecular weight excluding hydrogens is 88.1 g/mol. The predicted octanol–water partition coefficient (Wildman–Crippen LogP) is 1.17. The molecule has 0 aromatic rings. The van der Waals surface area contributed by atoms with E-state index in [0.717, 1.165) is 12.8 Å². The fourth-order valence-electron chi connectivity index (χ4n) is 1.22. The van der Waals surface area contributed by atoms with Crippen molar-refractivity contribution in [2.24, 2.45) is 5.41 Å². The molecule has 0 amide bonds. The van der Waals surface area contributed by atoms with Gasteiger partial charge < -0.3 is 5.11 Å². The molecule has 0 heterocycles.